The van der Waals surface area contributed by atoms with Crippen LogP contribution in [0.2, 0.25) is 0 Å². The van der Waals surface area contributed by atoms with Crippen LogP contribution in [0, 0.1) is 6.92 Å². The van der Waals surface area contributed by atoms with Crippen LogP contribution in [0.15, 0.2) is 41.6 Å². The molecule has 0 aliphatic rings. The van der Waals surface area contributed by atoms with E-state index in [1.165, 1.54) is 0 Å². The standard InChI is InChI=1S/C19H23NO4/c1-5-23-18-9-7-15(11-19(18)22-4)12-20-24-13-16-10-14(2)6-8-17(16)21-3/h6-12H,5,13H2,1-4H3/b20-12-. The number of hydrogen-bond acceptors (Lipinski definition) is 5. The fraction of sp³-hybridized carbons (Fsp3) is 0.316. The SMILES string of the molecule is CCOc1ccc(/C=N\OCc2cc(C)ccc2OC)cc1OC. The Morgan fingerprint density at radius 2 is 1.71 bits per heavy atom. The summed E-state index contributed by atoms with van der Waals surface area (Å²) in [5.74, 6) is 2.17. The zero-order valence-electron chi connectivity index (χ0n) is 14.5. The molecule has 0 aliphatic heterocycles. The molecule has 2 aromatic carbocycles. The second kappa shape index (κ2) is 8.82. The summed E-state index contributed by atoms with van der Waals surface area (Å²) < 4.78 is 16.1. The van der Waals surface area contributed by atoms with Gasteiger partial charge in [-0.25, -0.2) is 0 Å². The zero-order valence-corrected chi connectivity index (χ0v) is 14.5. The number of ether oxygens (including phenoxy) is 3. The van der Waals surface area contributed by atoms with E-state index in [1.54, 1.807) is 20.4 Å². The number of methoxy groups -OCH3 is 2. The molecule has 0 amide bonds. The lowest BCUT2D eigenvalue weighted by atomic mass is 10.1. The fourth-order valence-electron chi connectivity index (χ4n) is 2.26. The van der Waals surface area contributed by atoms with Crippen LogP contribution in [0.4, 0.5) is 0 Å². The molecule has 0 N–H and O–H groups in total. The third-order valence-corrected chi connectivity index (χ3v) is 3.42. The Morgan fingerprint density at radius 1 is 0.958 bits per heavy atom. The molecule has 5 heteroatoms. The first-order chi connectivity index (χ1) is 11.7. The van der Waals surface area contributed by atoms with Crippen molar-refractivity contribution in [1.29, 1.82) is 0 Å². The van der Waals surface area contributed by atoms with Gasteiger partial charge in [0.2, 0.25) is 0 Å². The topological polar surface area (TPSA) is 49.3 Å². The van der Waals surface area contributed by atoms with E-state index in [-0.39, 0.29) is 0 Å². The Labute approximate surface area is 142 Å². The molecule has 0 aromatic heterocycles. The molecule has 24 heavy (non-hydrogen) atoms. The highest BCUT2D eigenvalue weighted by molar-refractivity contribution is 5.80. The molecule has 0 unspecified atom stereocenters. The number of benzene rings is 2. The van der Waals surface area contributed by atoms with E-state index in [0.717, 1.165) is 22.4 Å². The van der Waals surface area contributed by atoms with E-state index in [2.05, 4.69) is 5.16 Å². The van der Waals surface area contributed by atoms with Crippen molar-refractivity contribution in [2.45, 2.75) is 20.5 Å². The quantitative estimate of drug-likeness (QED) is 0.543. The van der Waals surface area contributed by atoms with Gasteiger partial charge >= 0.3 is 0 Å². The Balaban J connectivity index is 2.01. The van der Waals surface area contributed by atoms with Crippen LogP contribution in [-0.4, -0.2) is 27.0 Å². The fourth-order valence-corrected chi connectivity index (χ4v) is 2.26. The van der Waals surface area contributed by atoms with Crippen LogP contribution < -0.4 is 14.2 Å². The predicted molar refractivity (Wildman–Crippen MR) is 94.3 cm³/mol. The number of aryl methyl sites for hydroxylation is 1. The van der Waals surface area contributed by atoms with E-state index in [0.29, 0.717) is 24.7 Å². The van der Waals surface area contributed by atoms with Crippen molar-refractivity contribution in [1.82, 2.24) is 0 Å². The molecule has 0 spiro atoms. The van der Waals surface area contributed by atoms with Gasteiger partial charge in [-0.05, 0) is 44.2 Å². The van der Waals surface area contributed by atoms with Gasteiger partial charge < -0.3 is 19.0 Å². The van der Waals surface area contributed by atoms with Crippen LogP contribution in [-0.2, 0) is 11.4 Å². The Kier molecular flexibility index (Phi) is 6.49. The molecule has 0 saturated heterocycles. The minimum Gasteiger partial charge on any atom is -0.496 e. The zero-order chi connectivity index (χ0) is 17.4. The molecule has 0 bridgehead atoms. The molecule has 2 aromatic rings. The molecule has 0 heterocycles. The minimum atomic E-state index is 0.343. The van der Waals surface area contributed by atoms with Crippen LogP contribution in [0.1, 0.15) is 23.6 Å². The summed E-state index contributed by atoms with van der Waals surface area (Å²) in [7, 11) is 3.25. The van der Waals surface area contributed by atoms with Crippen LogP contribution in [0.5, 0.6) is 17.2 Å². The van der Waals surface area contributed by atoms with Gasteiger partial charge in [-0.2, -0.15) is 0 Å². The second-order valence-corrected chi connectivity index (χ2v) is 5.17. The monoisotopic (exact) mass is 329 g/mol. The summed E-state index contributed by atoms with van der Waals surface area (Å²) in [6.45, 7) is 4.89. The molecule has 0 fully saturated rings. The van der Waals surface area contributed by atoms with Crippen molar-refractivity contribution in [3.05, 3.63) is 53.1 Å². The van der Waals surface area contributed by atoms with Crippen LogP contribution in [0.3, 0.4) is 0 Å². The van der Waals surface area contributed by atoms with Crippen molar-refractivity contribution in [3.63, 3.8) is 0 Å². The van der Waals surface area contributed by atoms with E-state index < -0.39 is 0 Å². The van der Waals surface area contributed by atoms with Gasteiger partial charge in [0.1, 0.15) is 12.4 Å². The predicted octanol–water partition coefficient (Wildman–Crippen LogP) is 3.96. The van der Waals surface area contributed by atoms with Gasteiger partial charge in [0.05, 0.1) is 27.0 Å². The van der Waals surface area contributed by atoms with E-state index in [9.17, 15) is 0 Å². The Hall–Kier alpha value is -2.69. The number of oxime groups is 1. The molecule has 0 radical (unpaired) electrons. The van der Waals surface area contributed by atoms with Crippen LogP contribution in [0.25, 0.3) is 0 Å². The molecular weight excluding hydrogens is 306 g/mol. The lowest BCUT2D eigenvalue weighted by molar-refractivity contribution is 0.130. The minimum absolute atomic E-state index is 0.343. The lowest BCUT2D eigenvalue weighted by Crippen LogP contribution is -1.97. The highest BCUT2D eigenvalue weighted by Gasteiger charge is 2.05. The average molecular weight is 329 g/mol. The summed E-state index contributed by atoms with van der Waals surface area (Å²) in [5, 5.41) is 4.02. The third kappa shape index (κ3) is 4.65. The number of hydrogen-bond donors (Lipinski definition) is 0. The van der Waals surface area contributed by atoms with Gasteiger partial charge in [0, 0.05) is 11.1 Å². The molecule has 0 saturated carbocycles. The van der Waals surface area contributed by atoms with Gasteiger partial charge in [-0.1, -0.05) is 16.8 Å². The highest BCUT2D eigenvalue weighted by Crippen LogP contribution is 2.27. The second-order valence-electron chi connectivity index (χ2n) is 5.17. The maximum Gasteiger partial charge on any atom is 0.161 e. The molecule has 0 aliphatic carbocycles. The molecular formula is C19H23NO4. The van der Waals surface area contributed by atoms with Crippen molar-refractivity contribution in [2.24, 2.45) is 5.16 Å². The van der Waals surface area contributed by atoms with Crippen molar-refractivity contribution in [2.75, 3.05) is 20.8 Å². The average Bonchev–Trinajstić information content (AvgIpc) is 2.60. The Morgan fingerprint density at radius 3 is 2.42 bits per heavy atom. The summed E-state index contributed by atoms with van der Waals surface area (Å²) in [6.07, 6.45) is 1.64. The maximum absolute atomic E-state index is 5.49. The van der Waals surface area contributed by atoms with Crippen molar-refractivity contribution in [3.8, 4) is 17.2 Å². The molecule has 2 rings (SSSR count). The summed E-state index contributed by atoms with van der Waals surface area (Å²) in [5.41, 5.74) is 2.97. The van der Waals surface area contributed by atoms with Crippen molar-refractivity contribution < 1.29 is 19.0 Å². The largest absolute Gasteiger partial charge is 0.496 e. The summed E-state index contributed by atoms with van der Waals surface area (Å²) in [6, 6.07) is 11.5. The van der Waals surface area contributed by atoms with Crippen molar-refractivity contribution >= 4 is 6.21 Å². The molecule has 5 nitrogen and oxygen atoms in total. The normalized spacial score (nSPS) is 10.7. The van der Waals surface area contributed by atoms with Gasteiger partial charge in [0.15, 0.2) is 11.5 Å². The maximum atomic E-state index is 5.49. The van der Waals surface area contributed by atoms with Crippen LogP contribution >= 0.6 is 0 Å². The van der Waals surface area contributed by atoms with E-state index in [1.807, 2.05) is 50.2 Å². The number of rotatable bonds is 8. The van der Waals surface area contributed by atoms with Gasteiger partial charge in [-0.15, -0.1) is 0 Å². The first-order valence-electron chi connectivity index (χ1n) is 7.77. The number of nitrogens with zero attached hydrogens (tertiary/aromatic N) is 1. The molecule has 128 valence electrons. The molecule has 0 atom stereocenters. The first-order valence-corrected chi connectivity index (χ1v) is 7.77. The smallest absolute Gasteiger partial charge is 0.161 e. The highest BCUT2D eigenvalue weighted by atomic mass is 16.6. The van der Waals surface area contributed by atoms with Gasteiger partial charge in [0.25, 0.3) is 0 Å². The lowest BCUT2D eigenvalue weighted by Gasteiger charge is -2.09. The summed E-state index contributed by atoms with van der Waals surface area (Å²) in [4.78, 5) is 5.39. The summed E-state index contributed by atoms with van der Waals surface area (Å²) >= 11 is 0. The van der Waals surface area contributed by atoms with E-state index in [4.69, 9.17) is 19.0 Å². The third-order valence-electron chi connectivity index (χ3n) is 3.42. The van der Waals surface area contributed by atoms with E-state index >= 15 is 0 Å². The first kappa shape index (κ1) is 17.7. The Bertz CT molecular complexity index is 698. The van der Waals surface area contributed by atoms with Gasteiger partial charge in [-0.3, -0.25) is 0 Å².